The Labute approximate surface area is 182 Å². The molecule has 2 N–H and O–H groups in total. The molecule has 28 heavy (non-hydrogen) atoms. The fourth-order valence-electron chi connectivity index (χ4n) is 2.27. The first-order valence-corrected chi connectivity index (χ1v) is 8.51. The molecule has 0 radical (unpaired) electrons. The highest BCUT2D eigenvalue weighted by atomic mass is 127. The van der Waals surface area contributed by atoms with Gasteiger partial charge in [-0.3, -0.25) is 10.1 Å². The summed E-state index contributed by atoms with van der Waals surface area (Å²) in [6, 6.07) is 14.2. The van der Waals surface area contributed by atoms with Crippen LogP contribution in [0.25, 0.3) is 0 Å². The molecule has 2 rings (SSSR count). The predicted octanol–water partition coefficient (Wildman–Crippen LogP) is 4.03. The molecule has 0 aromatic heterocycles. The molecule has 0 aliphatic heterocycles. The number of nitrogens with zero attached hydrogens (tertiary/aromatic N) is 2. The third-order valence-electron chi connectivity index (χ3n) is 3.72. The van der Waals surface area contributed by atoms with Gasteiger partial charge in [-0.2, -0.15) is 0 Å². The van der Waals surface area contributed by atoms with E-state index in [2.05, 4.69) is 22.2 Å². The Balaban J connectivity index is 0.00000392. The molecule has 0 atom stereocenters. The zero-order chi connectivity index (χ0) is 19.6. The summed E-state index contributed by atoms with van der Waals surface area (Å²) < 4.78 is 5.23. The van der Waals surface area contributed by atoms with Crippen LogP contribution in [0.3, 0.4) is 0 Å². The van der Waals surface area contributed by atoms with E-state index in [9.17, 15) is 10.1 Å². The van der Waals surface area contributed by atoms with Crippen molar-refractivity contribution in [3.63, 3.8) is 0 Å². The van der Waals surface area contributed by atoms with Crippen LogP contribution in [0.1, 0.15) is 18.1 Å². The van der Waals surface area contributed by atoms with Crippen molar-refractivity contribution in [1.29, 1.82) is 0 Å². The highest BCUT2D eigenvalue weighted by Crippen LogP contribution is 2.13. The SMILES string of the molecule is C=C(C)CNC(=NCc1cccc(OC)c1)NCc1ccc([N+](=O)[O-])cc1.I. The molecule has 2 aromatic carbocycles. The second-order valence-corrected chi connectivity index (χ2v) is 6.10. The van der Waals surface area contributed by atoms with Crippen LogP contribution in [0.15, 0.2) is 65.7 Å². The summed E-state index contributed by atoms with van der Waals surface area (Å²) in [5.74, 6) is 1.43. The first-order valence-electron chi connectivity index (χ1n) is 8.51. The van der Waals surface area contributed by atoms with Crippen LogP contribution in [0.2, 0.25) is 0 Å². The summed E-state index contributed by atoms with van der Waals surface area (Å²) in [4.78, 5) is 14.9. The van der Waals surface area contributed by atoms with Crippen LogP contribution in [0.5, 0.6) is 5.75 Å². The van der Waals surface area contributed by atoms with Crippen molar-refractivity contribution in [3.8, 4) is 5.75 Å². The standard InChI is InChI=1S/C20H24N4O3.HI/c1-15(2)12-21-20(23-14-17-5-4-6-19(11-17)27-3)22-13-16-7-9-18(10-8-16)24(25)26;/h4-11H,1,12-14H2,2-3H3,(H2,21,22,23);1H. The lowest BCUT2D eigenvalue weighted by Crippen LogP contribution is -2.37. The summed E-state index contributed by atoms with van der Waals surface area (Å²) in [6.45, 7) is 7.41. The van der Waals surface area contributed by atoms with Crippen LogP contribution in [0.4, 0.5) is 5.69 Å². The van der Waals surface area contributed by atoms with Gasteiger partial charge in [-0.05, 0) is 30.2 Å². The highest BCUT2D eigenvalue weighted by molar-refractivity contribution is 14.0. The van der Waals surface area contributed by atoms with Gasteiger partial charge >= 0.3 is 0 Å². The number of guanidine groups is 1. The molecule has 0 spiro atoms. The van der Waals surface area contributed by atoms with Gasteiger partial charge in [0, 0.05) is 25.2 Å². The largest absolute Gasteiger partial charge is 0.497 e. The lowest BCUT2D eigenvalue weighted by atomic mass is 10.2. The molecule has 0 aliphatic rings. The zero-order valence-corrected chi connectivity index (χ0v) is 18.3. The minimum absolute atomic E-state index is 0. The Morgan fingerprint density at radius 1 is 1.18 bits per heavy atom. The lowest BCUT2D eigenvalue weighted by molar-refractivity contribution is -0.384. The predicted molar refractivity (Wildman–Crippen MR) is 122 cm³/mol. The van der Waals surface area contributed by atoms with Crippen LogP contribution in [-0.2, 0) is 13.1 Å². The number of methoxy groups -OCH3 is 1. The van der Waals surface area contributed by atoms with Crippen molar-refractivity contribution in [3.05, 3.63) is 81.9 Å². The maximum Gasteiger partial charge on any atom is 0.269 e. The second kappa shape index (κ2) is 12.0. The average Bonchev–Trinajstić information content (AvgIpc) is 2.67. The van der Waals surface area contributed by atoms with E-state index in [1.54, 1.807) is 19.2 Å². The number of rotatable bonds is 8. The maximum absolute atomic E-state index is 10.7. The molecule has 0 saturated carbocycles. The van der Waals surface area contributed by atoms with Gasteiger partial charge in [0.25, 0.3) is 5.69 Å². The molecule has 0 bridgehead atoms. The molecule has 0 heterocycles. The molecular weight excluding hydrogens is 471 g/mol. The highest BCUT2D eigenvalue weighted by Gasteiger charge is 2.05. The van der Waals surface area contributed by atoms with Crippen LogP contribution in [-0.4, -0.2) is 24.5 Å². The number of ether oxygens (including phenoxy) is 1. The van der Waals surface area contributed by atoms with Crippen molar-refractivity contribution in [2.75, 3.05) is 13.7 Å². The Hall–Kier alpha value is -2.62. The molecule has 0 unspecified atom stereocenters. The van der Waals surface area contributed by atoms with Crippen molar-refractivity contribution in [2.24, 2.45) is 4.99 Å². The number of hydrogen-bond donors (Lipinski definition) is 2. The third-order valence-corrected chi connectivity index (χ3v) is 3.72. The minimum atomic E-state index is -0.410. The minimum Gasteiger partial charge on any atom is -0.497 e. The first kappa shape index (κ1) is 23.4. The van der Waals surface area contributed by atoms with E-state index >= 15 is 0 Å². The van der Waals surface area contributed by atoms with E-state index in [1.807, 2.05) is 31.2 Å². The number of nitro benzene ring substituents is 1. The molecule has 7 nitrogen and oxygen atoms in total. The van der Waals surface area contributed by atoms with E-state index in [4.69, 9.17) is 4.74 Å². The van der Waals surface area contributed by atoms with Crippen LogP contribution in [0, 0.1) is 10.1 Å². The molecule has 0 fully saturated rings. The number of hydrogen-bond acceptors (Lipinski definition) is 4. The molecule has 0 aliphatic carbocycles. The first-order chi connectivity index (χ1) is 13.0. The van der Waals surface area contributed by atoms with Gasteiger partial charge in [0.05, 0.1) is 18.6 Å². The molecule has 2 aromatic rings. The number of nitro groups is 1. The summed E-state index contributed by atoms with van der Waals surface area (Å²) in [7, 11) is 1.63. The summed E-state index contributed by atoms with van der Waals surface area (Å²) in [5, 5.41) is 17.2. The Kier molecular flexibility index (Phi) is 10.0. The smallest absolute Gasteiger partial charge is 0.269 e. The van der Waals surface area contributed by atoms with E-state index in [1.165, 1.54) is 12.1 Å². The normalized spacial score (nSPS) is 10.6. The van der Waals surface area contributed by atoms with Crippen molar-refractivity contribution in [1.82, 2.24) is 10.6 Å². The average molecular weight is 496 g/mol. The van der Waals surface area contributed by atoms with Gasteiger partial charge in [-0.25, -0.2) is 4.99 Å². The monoisotopic (exact) mass is 496 g/mol. The molecule has 0 amide bonds. The topological polar surface area (TPSA) is 88.8 Å². The van der Waals surface area contributed by atoms with Gasteiger partial charge in [0.1, 0.15) is 5.75 Å². The van der Waals surface area contributed by atoms with Gasteiger partial charge in [-0.1, -0.05) is 36.4 Å². The Morgan fingerprint density at radius 3 is 2.50 bits per heavy atom. The molecule has 150 valence electrons. The molecule has 8 heteroatoms. The van der Waals surface area contributed by atoms with Gasteiger partial charge in [0.2, 0.25) is 0 Å². The van der Waals surface area contributed by atoms with Crippen molar-refractivity contribution >= 4 is 35.6 Å². The molecular formula is C20H25IN4O3. The Morgan fingerprint density at radius 2 is 1.89 bits per heavy atom. The van der Waals surface area contributed by atoms with Gasteiger partial charge in [-0.15, -0.1) is 24.0 Å². The van der Waals surface area contributed by atoms with Crippen LogP contribution < -0.4 is 15.4 Å². The zero-order valence-electron chi connectivity index (χ0n) is 16.0. The number of halogens is 1. The van der Waals surface area contributed by atoms with Gasteiger partial charge < -0.3 is 15.4 Å². The van der Waals surface area contributed by atoms with Crippen molar-refractivity contribution in [2.45, 2.75) is 20.0 Å². The van der Waals surface area contributed by atoms with Crippen molar-refractivity contribution < 1.29 is 9.66 Å². The van der Waals surface area contributed by atoms with E-state index in [0.29, 0.717) is 25.6 Å². The number of nitrogens with one attached hydrogen (secondary N) is 2. The van der Waals surface area contributed by atoms with Crippen LogP contribution >= 0.6 is 24.0 Å². The van der Waals surface area contributed by atoms with E-state index < -0.39 is 4.92 Å². The lowest BCUT2D eigenvalue weighted by Gasteiger charge is -2.13. The van der Waals surface area contributed by atoms with Gasteiger partial charge in [0.15, 0.2) is 5.96 Å². The fraction of sp³-hybridized carbons (Fsp3) is 0.250. The third kappa shape index (κ3) is 7.95. The molecule has 0 saturated heterocycles. The summed E-state index contributed by atoms with van der Waals surface area (Å²) >= 11 is 0. The van der Waals surface area contributed by atoms with E-state index in [0.717, 1.165) is 22.4 Å². The number of benzene rings is 2. The second-order valence-electron chi connectivity index (χ2n) is 6.10. The quantitative estimate of drug-likeness (QED) is 0.144. The Bertz CT molecular complexity index is 822. The number of non-ortho nitro benzene ring substituents is 1. The number of aliphatic imine (C=N–C) groups is 1. The summed E-state index contributed by atoms with van der Waals surface area (Å²) in [6.07, 6.45) is 0. The summed E-state index contributed by atoms with van der Waals surface area (Å²) in [5.41, 5.74) is 3.01. The maximum atomic E-state index is 10.7. The van der Waals surface area contributed by atoms with E-state index in [-0.39, 0.29) is 29.7 Å². The fourth-order valence-corrected chi connectivity index (χ4v) is 2.27.